The third-order valence-corrected chi connectivity index (χ3v) is 8.17. The molecule has 1 aliphatic rings. The molecule has 13 heteroatoms. The number of urea groups is 1. The van der Waals surface area contributed by atoms with Crippen LogP contribution in [0.15, 0.2) is 24.5 Å². The van der Waals surface area contributed by atoms with Gasteiger partial charge in [-0.3, -0.25) is 10.3 Å². The van der Waals surface area contributed by atoms with Crippen LogP contribution in [0.3, 0.4) is 0 Å². The zero-order valence-corrected chi connectivity index (χ0v) is 21.5. The highest BCUT2D eigenvalue weighted by Crippen LogP contribution is 2.21. The molecule has 0 radical (unpaired) electrons. The number of anilines is 3. The summed E-state index contributed by atoms with van der Waals surface area (Å²) in [5.41, 5.74) is 1.37. The molecule has 1 fully saturated rings. The van der Waals surface area contributed by atoms with E-state index in [0.29, 0.717) is 30.3 Å². The van der Waals surface area contributed by atoms with Crippen molar-refractivity contribution in [2.45, 2.75) is 44.9 Å². The average molecular weight is 505 g/mol. The summed E-state index contributed by atoms with van der Waals surface area (Å²) in [4.78, 5) is 26.5. The average Bonchev–Trinajstić information content (AvgIpc) is 3.23. The van der Waals surface area contributed by atoms with Crippen LogP contribution in [0.2, 0.25) is 0 Å². The normalized spacial score (nSPS) is 15.0. The molecule has 1 atom stereocenters. The Morgan fingerprint density at radius 2 is 2.09 bits per heavy atom. The second-order valence-corrected chi connectivity index (χ2v) is 11.9. The molecule has 2 aromatic rings. The molecule has 0 saturated carbocycles. The first-order valence-electron chi connectivity index (χ1n) is 11.4. The quantitative estimate of drug-likeness (QED) is 0.237. The van der Waals surface area contributed by atoms with Gasteiger partial charge in [-0.15, -0.1) is 0 Å². The van der Waals surface area contributed by atoms with Crippen molar-refractivity contribution >= 4 is 45.0 Å². The molecule has 12 nitrogen and oxygen atoms in total. The molecule has 0 bridgehead atoms. The van der Waals surface area contributed by atoms with Gasteiger partial charge in [0.05, 0.1) is 16.4 Å². The number of amides is 2. The number of nitrogens with zero attached hydrogens (tertiary/aromatic N) is 4. The van der Waals surface area contributed by atoms with E-state index in [4.69, 9.17) is 5.41 Å². The van der Waals surface area contributed by atoms with Crippen LogP contribution in [0.5, 0.6) is 0 Å². The van der Waals surface area contributed by atoms with Gasteiger partial charge in [0.25, 0.3) is 0 Å². The maximum absolute atomic E-state index is 12.1. The van der Waals surface area contributed by atoms with Crippen molar-refractivity contribution in [2.75, 3.05) is 36.5 Å². The largest absolute Gasteiger partial charge is 0.353 e. The summed E-state index contributed by atoms with van der Waals surface area (Å²) in [6, 6.07) is 3.48. The van der Waals surface area contributed by atoms with E-state index in [-0.39, 0.29) is 30.4 Å². The molecule has 3 rings (SSSR count). The first-order valence-corrected chi connectivity index (χ1v) is 13.3. The van der Waals surface area contributed by atoms with Gasteiger partial charge < -0.3 is 21.3 Å². The predicted octanol–water partition coefficient (Wildman–Crippen LogP) is 1.19. The Labute approximate surface area is 205 Å². The van der Waals surface area contributed by atoms with Gasteiger partial charge in [0.15, 0.2) is 9.84 Å². The molecular formula is C22H34N9O3S+. The third-order valence-electron chi connectivity index (χ3n) is 6.01. The molecule has 0 spiro atoms. The highest BCUT2D eigenvalue weighted by Gasteiger charge is 2.30. The van der Waals surface area contributed by atoms with Crippen LogP contribution in [0.4, 0.5) is 28.1 Å². The van der Waals surface area contributed by atoms with Crippen molar-refractivity contribution in [3.63, 3.8) is 0 Å². The van der Waals surface area contributed by atoms with Crippen molar-refractivity contribution in [1.82, 2.24) is 25.2 Å². The lowest BCUT2D eigenvalue weighted by Gasteiger charge is -2.22. The maximum Gasteiger partial charge on any atom is 0.323 e. The molecular weight excluding hydrogens is 470 g/mol. The maximum atomic E-state index is 12.1. The summed E-state index contributed by atoms with van der Waals surface area (Å²) < 4.78 is 22.9. The Balaban J connectivity index is 1.81. The summed E-state index contributed by atoms with van der Waals surface area (Å²) in [6.07, 6.45) is 5.27. The number of aromatic nitrogens is 3. The number of hydrogen-bond acceptors (Lipinski definition) is 9. The zero-order valence-electron chi connectivity index (χ0n) is 20.7. The summed E-state index contributed by atoms with van der Waals surface area (Å²) in [5, 5.41) is 19.5. The first kappa shape index (κ1) is 26.3. The number of sulfone groups is 1. The van der Waals surface area contributed by atoms with E-state index in [0.717, 1.165) is 12.1 Å². The summed E-state index contributed by atoms with van der Waals surface area (Å²) >= 11 is 0. The molecule has 2 aromatic heterocycles. The minimum Gasteiger partial charge on any atom is -0.353 e. The Bertz CT molecular complexity index is 1200. The summed E-state index contributed by atoms with van der Waals surface area (Å²) in [5.74, 6) is 1.39. The number of carbonyl (C=O) groups excluding carboxylic acids is 1. The summed E-state index contributed by atoms with van der Waals surface area (Å²) in [6.45, 7) is 8.55. The van der Waals surface area contributed by atoms with Crippen LogP contribution in [-0.2, 0) is 9.84 Å². The van der Waals surface area contributed by atoms with Gasteiger partial charge >= 0.3 is 6.03 Å². The van der Waals surface area contributed by atoms with Gasteiger partial charge in [0.2, 0.25) is 5.95 Å². The third kappa shape index (κ3) is 6.42. The Morgan fingerprint density at radius 1 is 1.34 bits per heavy atom. The number of nitrogens with one attached hydrogen (secondary N) is 4. The van der Waals surface area contributed by atoms with Crippen LogP contribution in [0.25, 0.3) is 0 Å². The second-order valence-electron chi connectivity index (χ2n) is 9.22. The van der Waals surface area contributed by atoms with E-state index in [1.54, 1.807) is 32.3 Å². The lowest BCUT2D eigenvalue weighted by Crippen LogP contribution is -2.84. The lowest BCUT2D eigenvalue weighted by atomic mass is 10.1. The molecule has 1 aliphatic heterocycles. The Kier molecular flexibility index (Phi) is 7.90. The fourth-order valence-electron chi connectivity index (χ4n) is 3.20. The number of carbonyl (C=O) groups is 1. The second kappa shape index (κ2) is 10.5. The molecule has 1 saturated heterocycles. The number of amidine groups is 1. The summed E-state index contributed by atoms with van der Waals surface area (Å²) in [7, 11) is -3.26. The van der Waals surface area contributed by atoms with Crippen molar-refractivity contribution in [3.8, 4) is 0 Å². The molecule has 35 heavy (non-hydrogen) atoms. The van der Waals surface area contributed by atoms with Crippen LogP contribution >= 0.6 is 0 Å². The molecule has 1 unspecified atom stereocenters. The van der Waals surface area contributed by atoms with E-state index in [1.807, 2.05) is 6.07 Å². The first-order chi connectivity index (χ1) is 16.4. The lowest BCUT2D eigenvalue weighted by molar-refractivity contribution is -0.607. The van der Waals surface area contributed by atoms with Crippen LogP contribution in [0.1, 0.15) is 39.7 Å². The van der Waals surface area contributed by atoms with E-state index in [1.165, 1.54) is 11.2 Å². The van der Waals surface area contributed by atoms with Gasteiger partial charge in [-0.2, -0.15) is 4.98 Å². The molecule has 0 aromatic carbocycles. The minimum absolute atomic E-state index is 0.107. The molecule has 190 valence electrons. The van der Waals surface area contributed by atoms with E-state index in [2.05, 4.69) is 50.1 Å². The number of pyridine rings is 1. The Morgan fingerprint density at radius 3 is 2.71 bits per heavy atom. The SMILES string of the molecule is CCC(C)[NH2+]c1cc(Nc2ccnc(NCC(C)(C)S(C)(=O)=O)n2)ncc1C(=N)N1CCNC1=O. The molecule has 2 amide bonds. The molecule has 3 heterocycles. The monoisotopic (exact) mass is 504 g/mol. The topological polar surface area (TPSA) is 170 Å². The predicted molar refractivity (Wildman–Crippen MR) is 135 cm³/mol. The van der Waals surface area contributed by atoms with Gasteiger partial charge in [-0.05, 0) is 33.3 Å². The highest BCUT2D eigenvalue weighted by molar-refractivity contribution is 7.92. The number of rotatable bonds is 10. The van der Waals surface area contributed by atoms with Crippen LogP contribution in [-0.4, -0.2) is 76.8 Å². The minimum atomic E-state index is -3.26. The van der Waals surface area contributed by atoms with Crippen molar-refractivity contribution in [1.29, 1.82) is 5.41 Å². The fourth-order valence-corrected chi connectivity index (χ4v) is 3.53. The smallest absolute Gasteiger partial charge is 0.323 e. The van der Waals surface area contributed by atoms with Crippen molar-refractivity contribution < 1.29 is 18.5 Å². The molecule has 6 N–H and O–H groups in total. The highest BCUT2D eigenvalue weighted by atomic mass is 32.2. The fraction of sp³-hybridized carbons (Fsp3) is 0.500. The van der Waals surface area contributed by atoms with Gasteiger partial charge in [-0.1, -0.05) is 6.92 Å². The Hall–Kier alpha value is -3.32. The van der Waals surface area contributed by atoms with Crippen LogP contribution in [0, 0.1) is 5.41 Å². The number of hydrogen-bond donors (Lipinski definition) is 5. The number of quaternary nitrogens is 1. The van der Waals surface area contributed by atoms with Gasteiger partial charge in [0.1, 0.15) is 23.2 Å². The van der Waals surface area contributed by atoms with E-state index in [9.17, 15) is 13.2 Å². The molecule has 0 aliphatic carbocycles. The van der Waals surface area contributed by atoms with E-state index < -0.39 is 14.6 Å². The van der Waals surface area contributed by atoms with Crippen molar-refractivity contribution in [3.05, 3.63) is 30.1 Å². The van der Waals surface area contributed by atoms with Gasteiger partial charge in [-0.25, -0.2) is 23.2 Å². The zero-order chi connectivity index (χ0) is 25.8. The number of nitrogens with two attached hydrogens (primary N) is 1. The van der Waals surface area contributed by atoms with Crippen molar-refractivity contribution in [2.24, 2.45) is 0 Å². The van der Waals surface area contributed by atoms with E-state index >= 15 is 0 Å². The van der Waals surface area contributed by atoms with Crippen LogP contribution < -0.4 is 21.3 Å². The van der Waals surface area contributed by atoms with Gasteiger partial charge in [0, 0.05) is 44.4 Å². The standard InChI is InChI=1S/C22H33N9O3S/c1-6-14(2)28-16-11-18(26-12-15(16)19(23)31-10-9-25-21(31)32)29-17-7-8-24-20(30-17)27-13-22(3,4)35(5,33)34/h7-8,11-12,14,23H,6,9-10,13H2,1-5H3,(H,25,32)(H3,24,26,27,28,29,30)/p+1.